The number of ketones is 1. The molecular weight excluding hydrogens is 474 g/mol. The van der Waals surface area contributed by atoms with Crippen LogP contribution in [0.1, 0.15) is 31.0 Å². The monoisotopic (exact) mass is 503 g/mol. The van der Waals surface area contributed by atoms with Crippen LogP contribution in [0.3, 0.4) is 0 Å². The molecule has 1 N–H and O–H groups in total. The normalized spacial score (nSPS) is 16.9. The first-order chi connectivity index (χ1) is 17.3. The van der Waals surface area contributed by atoms with Crippen molar-refractivity contribution in [1.29, 1.82) is 0 Å². The van der Waals surface area contributed by atoms with Crippen molar-refractivity contribution in [3.05, 3.63) is 94.5 Å². The topological polar surface area (TPSA) is 64.1 Å². The number of carbonyl (C=O) groups is 2. The number of hydrogen-bond donors (Lipinski definition) is 1. The molecule has 3 aromatic carbocycles. The molecule has 0 spiro atoms. The van der Waals surface area contributed by atoms with Gasteiger partial charge in [-0.1, -0.05) is 23.7 Å². The van der Waals surface area contributed by atoms with Gasteiger partial charge in [-0.2, -0.15) is 0 Å². The number of halogens is 1. The van der Waals surface area contributed by atoms with Crippen molar-refractivity contribution in [1.82, 2.24) is 0 Å². The molecule has 3 aromatic rings. The molecule has 1 fully saturated rings. The van der Waals surface area contributed by atoms with Gasteiger partial charge in [0.15, 0.2) is 0 Å². The lowest BCUT2D eigenvalue weighted by Gasteiger charge is -2.27. The molecule has 1 atom stereocenters. The van der Waals surface area contributed by atoms with E-state index in [1.54, 1.807) is 24.3 Å². The third-order valence-electron chi connectivity index (χ3n) is 6.54. The highest BCUT2D eigenvalue weighted by atomic mass is 35.5. The summed E-state index contributed by atoms with van der Waals surface area (Å²) in [4.78, 5) is 32.4. The highest BCUT2D eigenvalue weighted by molar-refractivity contribution is 6.51. The van der Waals surface area contributed by atoms with Crippen LogP contribution in [0.4, 0.5) is 17.1 Å². The summed E-state index contributed by atoms with van der Waals surface area (Å²) in [5.41, 5.74) is 3.80. The Labute approximate surface area is 217 Å². The van der Waals surface area contributed by atoms with Gasteiger partial charge in [-0.3, -0.25) is 14.5 Å². The Balaban J connectivity index is 1.87. The Morgan fingerprint density at radius 2 is 1.42 bits per heavy atom. The van der Waals surface area contributed by atoms with Gasteiger partial charge in [0, 0.05) is 54.8 Å². The number of amides is 1. The van der Waals surface area contributed by atoms with Crippen LogP contribution < -0.4 is 14.7 Å². The Kier molecular flexibility index (Phi) is 7.36. The van der Waals surface area contributed by atoms with Crippen LogP contribution in [0, 0.1) is 0 Å². The van der Waals surface area contributed by atoms with Gasteiger partial charge in [0.1, 0.15) is 5.76 Å². The lowest BCUT2D eigenvalue weighted by atomic mass is 9.95. The largest absolute Gasteiger partial charge is 0.507 e. The summed E-state index contributed by atoms with van der Waals surface area (Å²) in [6.07, 6.45) is 0. The maximum atomic E-state index is 13.4. The number of carbonyl (C=O) groups excluding carboxylic acids is 2. The summed E-state index contributed by atoms with van der Waals surface area (Å²) in [5, 5.41) is 11.8. The number of aliphatic hydroxyl groups is 1. The average Bonchev–Trinajstić information content (AvgIpc) is 3.15. The third kappa shape index (κ3) is 4.69. The molecule has 186 valence electrons. The fourth-order valence-corrected chi connectivity index (χ4v) is 4.67. The molecule has 1 unspecified atom stereocenters. The maximum Gasteiger partial charge on any atom is 0.300 e. The number of hydrogen-bond acceptors (Lipinski definition) is 5. The number of rotatable bonds is 7. The molecule has 0 aliphatic carbocycles. The van der Waals surface area contributed by atoms with E-state index in [-0.39, 0.29) is 11.3 Å². The molecule has 1 amide bonds. The van der Waals surface area contributed by atoms with Crippen LogP contribution >= 0.6 is 11.6 Å². The lowest BCUT2D eigenvalue weighted by Crippen LogP contribution is -2.29. The van der Waals surface area contributed by atoms with Gasteiger partial charge in [0.2, 0.25) is 0 Å². The zero-order chi connectivity index (χ0) is 26.0. The lowest BCUT2D eigenvalue weighted by molar-refractivity contribution is -0.132. The summed E-state index contributed by atoms with van der Waals surface area (Å²) in [7, 11) is 3.87. The van der Waals surface area contributed by atoms with E-state index in [2.05, 4.69) is 18.7 Å². The molecule has 0 aromatic heterocycles. The number of anilines is 3. The van der Waals surface area contributed by atoms with Crippen molar-refractivity contribution in [2.75, 3.05) is 41.9 Å². The van der Waals surface area contributed by atoms with E-state index in [1.165, 1.54) is 4.90 Å². The van der Waals surface area contributed by atoms with Crippen LogP contribution in [-0.4, -0.2) is 44.0 Å². The minimum Gasteiger partial charge on any atom is -0.507 e. The molecule has 6 nitrogen and oxygen atoms in total. The Morgan fingerprint density at radius 3 is 1.94 bits per heavy atom. The van der Waals surface area contributed by atoms with Crippen molar-refractivity contribution in [3.63, 3.8) is 0 Å². The van der Waals surface area contributed by atoms with E-state index in [4.69, 9.17) is 11.6 Å². The van der Waals surface area contributed by atoms with Gasteiger partial charge in [0.25, 0.3) is 11.7 Å². The van der Waals surface area contributed by atoms with Crippen molar-refractivity contribution >= 4 is 46.1 Å². The number of nitrogens with zero attached hydrogens (tertiary/aromatic N) is 3. The highest BCUT2D eigenvalue weighted by Gasteiger charge is 2.47. The standard InChI is InChI=1S/C29H30ClN3O3/c1-5-32(6-2)23-13-9-19(10-14-23)26-25(27(34)20-7-11-21(30)12-8-20)28(35)29(36)33(26)24-17-15-22(16-18-24)31(3)4/h7-18,26,34H,5-6H2,1-4H3/b27-25+. The van der Waals surface area contributed by atoms with Crippen LogP contribution in [0.2, 0.25) is 5.02 Å². The van der Waals surface area contributed by atoms with Crippen molar-refractivity contribution < 1.29 is 14.7 Å². The van der Waals surface area contributed by atoms with E-state index in [9.17, 15) is 14.7 Å². The average molecular weight is 504 g/mol. The molecule has 1 aliphatic rings. The third-order valence-corrected chi connectivity index (χ3v) is 6.80. The molecule has 0 radical (unpaired) electrons. The first kappa shape index (κ1) is 25.3. The van der Waals surface area contributed by atoms with Crippen molar-refractivity contribution in [2.45, 2.75) is 19.9 Å². The van der Waals surface area contributed by atoms with Crippen LogP contribution in [0.5, 0.6) is 0 Å². The van der Waals surface area contributed by atoms with Crippen LogP contribution in [0.15, 0.2) is 78.4 Å². The molecule has 0 bridgehead atoms. The Morgan fingerprint density at radius 1 is 0.861 bits per heavy atom. The van der Waals surface area contributed by atoms with Gasteiger partial charge >= 0.3 is 0 Å². The van der Waals surface area contributed by atoms with E-state index >= 15 is 0 Å². The molecule has 4 rings (SSSR count). The van der Waals surface area contributed by atoms with Gasteiger partial charge in [-0.25, -0.2) is 0 Å². The molecule has 7 heteroatoms. The van der Waals surface area contributed by atoms with Gasteiger partial charge in [0.05, 0.1) is 11.6 Å². The van der Waals surface area contributed by atoms with E-state index in [0.717, 1.165) is 30.0 Å². The summed E-state index contributed by atoms with van der Waals surface area (Å²) < 4.78 is 0. The van der Waals surface area contributed by atoms with Gasteiger partial charge < -0.3 is 14.9 Å². The molecule has 1 heterocycles. The number of benzene rings is 3. The second-order valence-corrected chi connectivity index (χ2v) is 9.29. The summed E-state index contributed by atoms with van der Waals surface area (Å²) in [6.45, 7) is 5.91. The fraction of sp³-hybridized carbons (Fsp3) is 0.241. The zero-order valence-corrected chi connectivity index (χ0v) is 21.7. The number of aliphatic hydroxyl groups excluding tert-OH is 1. The van der Waals surface area contributed by atoms with E-state index < -0.39 is 17.7 Å². The van der Waals surface area contributed by atoms with E-state index in [0.29, 0.717) is 16.3 Å². The predicted molar refractivity (Wildman–Crippen MR) is 147 cm³/mol. The second kappa shape index (κ2) is 10.5. The highest BCUT2D eigenvalue weighted by Crippen LogP contribution is 2.42. The minimum absolute atomic E-state index is 0.0506. The number of Topliss-reactive ketones (excluding diaryl/α,β-unsaturated/α-hetero) is 1. The Bertz CT molecular complexity index is 1280. The van der Waals surface area contributed by atoms with Gasteiger partial charge in [-0.05, 0) is 80.1 Å². The minimum atomic E-state index is -0.781. The Hall–Kier alpha value is -3.77. The molecule has 36 heavy (non-hydrogen) atoms. The zero-order valence-electron chi connectivity index (χ0n) is 20.9. The SMILES string of the molecule is CCN(CC)c1ccc(C2/C(=C(\O)c3ccc(Cl)cc3)C(=O)C(=O)N2c2ccc(N(C)C)cc2)cc1. The first-order valence-corrected chi connectivity index (χ1v) is 12.3. The van der Waals surface area contributed by atoms with E-state index in [1.807, 2.05) is 67.5 Å². The second-order valence-electron chi connectivity index (χ2n) is 8.85. The fourth-order valence-electron chi connectivity index (χ4n) is 4.55. The first-order valence-electron chi connectivity index (χ1n) is 12.0. The van der Waals surface area contributed by atoms with Crippen molar-refractivity contribution in [3.8, 4) is 0 Å². The summed E-state index contributed by atoms with van der Waals surface area (Å²) in [5.74, 6) is -1.63. The molecule has 1 aliphatic heterocycles. The van der Waals surface area contributed by atoms with Crippen LogP contribution in [0.25, 0.3) is 5.76 Å². The van der Waals surface area contributed by atoms with Crippen LogP contribution in [-0.2, 0) is 9.59 Å². The molecular formula is C29H30ClN3O3. The quantitative estimate of drug-likeness (QED) is 0.248. The molecule has 1 saturated heterocycles. The summed E-state index contributed by atoms with van der Waals surface area (Å²) in [6, 6.07) is 21.0. The smallest absolute Gasteiger partial charge is 0.300 e. The maximum absolute atomic E-state index is 13.4. The van der Waals surface area contributed by atoms with Crippen molar-refractivity contribution in [2.24, 2.45) is 0 Å². The predicted octanol–water partition coefficient (Wildman–Crippen LogP) is 5.88. The van der Waals surface area contributed by atoms with Gasteiger partial charge in [-0.15, -0.1) is 0 Å². The molecule has 0 saturated carbocycles. The summed E-state index contributed by atoms with van der Waals surface area (Å²) >= 11 is 6.02.